The number of hydrogen-bond donors (Lipinski definition) is 0. The van der Waals surface area contributed by atoms with Gasteiger partial charge in [0.15, 0.2) is 0 Å². The van der Waals surface area contributed by atoms with Gasteiger partial charge in [-0.25, -0.2) is 0 Å². The first-order valence-corrected chi connectivity index (χ1v) is 9.36. The van der Waals surface area contributed by atoms with Crippen molar-refractivity contribution >= 4 is 5.91 Å². The molecule has 1 aromatic heterocycles. The Labute approximate surface area is 149 Å². The van der Waals surface area contributed by atoms with Crippen LogP contribution in [0.4, 0.5) is 0 Å². The van der Waals surface area contributed by atoms with Gasteiger partial charge in [-0.1, -0.05) is 0 Å². The fourth-order valence-corrected chi connectivity index (χ4v) is 4.46. The highest BCUT2D eigenvalue weighted by molar-refractivity contribution is 5.77. The van der Waals surface area contributed by atoms with E-state index in [4.69, 9.17) is 13.9 Å². The fourth-order valence-electron chi connectivity index (χ4n) is 4.46. The van der Waals surface area contributed by atoms with Crippen LogP contribution >= 0.6 is 0 Å². The summed E-state index contributed by atoms with van der Waals surface area (Å²) < 4.78 is 17.3. The summed E-state index contributed by atoms with van der Waals surface area (Å²) in [5, 5.41) is 0. The fraction of sp³-hybridized carbons (Fsp3) is 0.737. The van der Waals surface area contributed by atoms with E-state index in [1.165, 1.54) is 0 Å². The maximum absolute atomic E-state index is 12.2. The molecule has 4 heterocycles. The molecule has 0 radical (unpaired) electrons. The summed E-state index contributed by atoms with van der Waals surface area (Å²) in [7, 11) is 0. The lowest BCUT2D eigenvalue weighted by Crippen LogP contribution is -2.38. The first-order chi connectivity index (χ1) is 12.1. The van der Waals surface area contributed by atoms with Crippen LogP contribution in [0.15, 0.2) is 16.5 Å². The lowest BCUT2D eigenvalue weighted by Gasteiger charge is -2.27. The van der Waals surface area contributed by atoms with Gasteiger partial charge in [-0.2, -0.15) is 0 Å². The minimum Gasteiger partial charge on any atom is -0.465 e. The summed E-state index contributed by atoms with van der Waals surface area (Å²) in [6, 6.07) is 4.07. The molecule has 3 saturated heterocycles. The Morgan fingerprint density at radius 1 is 1.36 bits per heavy atom. The Morgan fingerprint density at radius 3 is 2.96 bits per heavy atom. The molecule has 6 nitrogen and oxygen atoms in total. The molecule has 25 heavy (non-hydrogen) atoms. The molecule has 0 saturated carbocycles. The Bertz CT molecular complexity index is 610. The highest BCUT2D eigenvalue weighted by atomic mass is 16.5. The summed E-state index contributed by atoms with van der Waals surface area (Å²) in [4.78, 5) is 16.5. The predicted molar refractivity (Wildman–Crippen MR) is 92.1 cm³/mol. The van der Waals surface area contributed by atoms with Crippen molar-refractivity contribution in [3.05, 3.63) is 23.7 Å². The molecule has 3 aliphatic rings. The topological polar surface area (TPSA) is 55.2 Å². The van der Waals surface area contributed by atoms with Crippen LogP contribution in [0.5, 0.6) is 0 Å². The van der Waals surface area contributed by atoms with Gasteiger partial charge in [0, 0.05) is 37.5 Å². The van der Waals surface area contributed by atoms with E-state index >= 15 is 0 Å². The molecule has 3 aliphatic heterocycles. The van der Waals surface area contributed by atoms with Gasteiger partial charge < -0.3 is 18.8 Å². The summed E-state index contributed by atoms with van der Waals surface area (Å²) in [6.45, 7) is 8.84. The van der Waals surface area contributed by atoms with Gasteiger partial charge in [0.2, 0.25) is 5.91 Å². The maximum Gasteiger partial charge on any atom is 0.248 e. The second kappa shape index (κ2) is 7.09. The van der Waals surface area contributed by atoms with Gasteiger partial charge in [-0.15, -0.1) is 0 Å². The first-order valence-electron chi connectivity index (χ1n) is 9.36. The van der Waals surface area contributed by atoms with Gasteiger partial charge in [0.25, 0.3) is 0 Å². The number of amides is 1. The third-order valence-corrected chi connectivity index (χ3v) is 5.84. The summed E-state index contributed by atoms with van der Waals surface area (Å²) in [6.07, 6.45) is 2.24. The molecule has 3 fully saturated rings. The number of carbonyl (C=O) groups is 1. The monoisotopic (exact) mass is 348 g/mol. The van der Waals surface area contributed by atoms with E-state index < -0.39 is 0 Å². The normalized spacial score (nSPS) is 29.5. The van der Waals surface area contributed by atoms with Gasteiger partial charge in [0.05, 0.1) is 26.4 Å². The quantitative estimate of drug-likeness (QED) is 0.783. The molecular formula is C19H28N2O4. The van der Waals surface area contributed by atoms with E-state index in [1.807, 2.05) is 17.9 Å². The molecule has 1 aromatic rings. The van der Waals surface area contributed by atoms with Crippen molar-refractivity contribution < 1.29 is 18.7 Å². The Hall–Kier alpha value is -1.37. The molecule has 0 spiro atoms. The molecular weight excluding hydrogens is 320 g/mol. The van der Waals surface area contributed by atoms with Gasteiger partial charge in [0.1, 0.15) is 18.1 Å². The Kier molecular flexibility index (Phi) is 4.84. The van der Waals surface area contributed by atoms with Crippen molar-refractivity contribution in [3.63, 3.8) is 0 Å². The molecule has 0 aromatic carbocycles. The lowest BCUT2D eigenvalue weighted by atomic mass is 9.82. The van der Waals surface area contributed by atoms with Crippen LogP contribution < -0.4 is 0 Å². The molecule has 0 bridgehead atoms. The maximum atomic E-state index is 12.2. The number of hydrogen-bond acceptors (Lipinski definition) is 5. The number of rotatable bonds is 6. The predicted octanol–water partition coefficient (Wildman–Crippen LogP) is 1.68. The molecule has 138 valence electrons. The average Bonchev–Trinajstić information content (AvgIpc) is 3.32. The van der Waals surface area contributed by atoms with Gasteiger partial charge in [-0.3, -0.25) is 9.69 Å². The zero-order valence-electron chi connectivity index (χ0n) is 15.0. The van der Waals surface area contributed by atoms with E-state index in [1.54, 1.807) is 0 Å². The molecule has 0 unspecified atom stereocenters. The minimum atomic E-state index is 0.0208. The Balaban J connectivity index is 1.30. The third-order valence-electron chi connectivity index (χ3n) is 5.84. The third kappa shape index (κ3) is 3.61. The molecule has 4 rings (SSSR count). The first kappa shape index (κ1) is 17.1. The van der Waals surface area contributed by atoms with E-state index in [-0.39, 0.29) is 17.9 Å². The van der Waals surface area contributed by atoms with Crippen molar-refractivity contribution in [2.75, 3.05) is 52.6 Å². The summed E-state index contributed by atoms with van der Waals surface area (Å²) >= 11 is 0. The molecule has 0 aliphatic carbocycles. The lowest BCUT2D eigenvalue weighted by molar-refractivity contribution is -0.136. The van der Waals surface area contributed by atoms with Crippen molar-refractivity contribution in [3.8, 4) is 0 Å². The second-order valence-corrected chi connectivity index (χ2v) is 7.84. The van der Waals surface area contributed by atoms with Gasteiger partial charge >= 0.3 is 0 Å². The van der Waals surface area contributed by atoms with Crippen molar-refractivity contribution in [2.24, 2.45) is 11.3 Å². The molecule has 0 N–H and O–H groups in total. The zero-order valence-corrected chi connectivity index (χ0v) is 15.0. The highest BCUT2D eigenvalue weighted by Gasteiger charge is 2.50. The minimum absolute atomic E-state index is 0.0208. The van der Waals surface area contributed by atoms with E-state index in [0.29, 0.717) is 12.5 Å². The number of carbonyl (C=O) groups excluding carboxylic acids is 1. The zero-order chi connectivity index (χ0) is 17.3. The molecule has 1 amide bonds. The van der Waals surface area contributed by atoms with Crippen molar-refractivity contribution in [1.29, 1.82) is 0 Å². The van der Waals surface area contributed by atoms with Gasteiger partial charge in [-0.05, 0) is 31.9 Å². The largest absolute Gasteiger partial charge is 0.465 e. The SMILES string of the molecule is Cc1ccc(CN2C[C@@H]3COC[C@]3(COCC(=O)N3CCCC3)C2)o1. The number of ether oxygens (including phenoxy) is 2. The summed E-state index contributed by atoms with van der Waals surface area (Å²) in [5.41, 5.74) is 0.0208. The number of aryl methyl sites for hydroxylation is 1. The van der Waals surface area contributed by atoms with E-state index in [0.717, 1.165) is 70.3 Å². The number of furan rings is 1. The molecule has 2 atom stereocenters. The van der Waals surface area contributed by atoms with Crippen LogP contribution in [0.2, 0.25) is 0 Å². The average molecular weight is 348 g/mol. The molecule has 6 heteroatoms. The Morgan fingerprint density at radius 2 is 2.20 bits per heavy atom. The number of fused-ring (bicyclic) bond motifs is 1. The van der Waals surface area contributed by atoms with Crippen LogP contribution in [-0.4, -0.2) is 68.3 Å². The van der Waals surface area contributed by atoms with Crippen LogP contribution in [-0.2, 0) is 20.8 Å². The standard InChI is InChI=1S/C19H28N2O4/c1-15-4-5-17(25-15)9-20-8-16-10-23-13-19(16,12-20)14-24-11-18(22)21-6-2-3-7-21/h4-5,16H,2-3,6-14H2,1H3/t16-,19+/m1/s1. The van der Waals surface area contributed by atoms with E-state index in [2.05, 4.69) is 11.0 Å². The number of nitrogens with zero attached hydrogens (tertiary/aromatic N) is 2. The summed E-state index contributed by atoms with van der Waals surface area (Å²) in [5.74, 6) is 2.57. The smallest absolute Gasteiger partial charge is 0.248 e. The highest BCUT2D eigenvalue weighted by Crippen LogP contribution is 2.42. The van der Waals surface area contributed by atoms with Crippen LogP contribution in [0, 0.1) is 18.3 Å². The van der Waals surface area contributed by atoms with Crippen molar-refractivity contribution in [1.82, 2.24) is 9.80 Å². The van der Waals surface area contributed by atoms with E-state index in [9.17, 15) is 4.79 Å². The number of likely N-dealkylation sites (tertiary alicyclic amines) is 2. The van der Waals surface area contributed by atoms with Crippen LogP contribution in [0.1, 0.15) is 24.4 Å². The second-order valence-electron chi connectivity index (χ2n) is 7.84. The van der Waals surface area contributed by atoms with Crippen LogP contribution in [0.3, 0.4) is 0 Å². The van der Waals surface area contributed by atoms with Crippen molar-refractivity contribution in [2.45, 2.75) is 26.3 Å². The van der Waals surface area contributed by atoms with Crippen LogP contribution in [0.25, 0.3) is 0 Å².